The van der Waals surface area contributed by atoms with E-state index in [2.05, 4.69) is 15.4 Å². The normalized spacial score (nSPS) is 18.7. The van der Waals surface area contributed by atoms with Crippen LogP contribution in [0.2, 0.25) is 0 Å². The minimum Gasteiger partial charge on any atom is -0.444 e. The highest BCUT2D eigenvalue weighted by molar-refractivity contribution is 6.26. The number of hydrazone groups is 1. The van der Waals surface area contributed by atoms with Crippen LogP contribution in [0.4, 0.5) is 4.79 Å². The highest BCUT2D eigenvalue weighted by atomic mass is 16.6. The molecule has 0 aromatic carbocycles. The molecule has 0 unspecified atom stereocenters. The molecular weight excluding hydrogens is 306 g/mol. The Morgan fingerprint density at radius 2 is 2.04 bits per heavy atom. The second-order valence-electron chi connectivity index (χ2n) is 6.80. The van der Waals surface area contributed by atoms with Gasteiger partial charge in [0.2, 0.25) is 0 Å². The van der Waals surface area contributed by atoms with E-state index in [-0.39, 0.29) is 6.09 Å². The standard InChI is InChI=1S/C17H31N5O2/c1-7-19-15-14(12(2)18)13(3)21-22(15)11-9-8-10-20-16(23)24-17(4,5)6/h7-11,18H2,1-6H3,(H,20,23)/b14-12+,19-15+. The summed E-state index contributed by atoms with van der Waals surface area (Å²) in [4.78, 5) is 16.1. The van der Waals surface area contributed by atoms with E-state index in [1.165, 1.54) is 0 Å². The van der Waals surface area contributed by atoms with E-state index in [4.69, 9.17) is 10.5 Å². The van der Waals surface area contributed by atoms with Crippen LogP contribution in [0, 0.1) is 0 Å². The molecule has 1 amide bonds. The largest absolute Gasteiger partial charge is 0.444 e. The minimum atomic E-state index is -0.472. The van der Waals surface area contributed by atoms with Crippen LogP contribution in [-0.2, 0) is 4.74 Å². The smallest absolute Gasteiger partial charge is 0.407 e. The first-order valence-electron chi connectivity index (χ1n) is 8.46. The van der Waals surface area contributed by atoms with Crippen LogP contribution in [0.5, 0.6) is 0 Å². The lowest BCUT2D eigenvalue weighted by Gasteiger charge is -2.20. The Kier molecular flexibility index (Phi) is 7.25. The van der Waals surface area contributed by atoms with E-state index in [0.29, 0.717) is 13.1 Å². The van der Waals surface area contributed by atoms with Crippen LogP contribution < -0.4 is 11.1 Å². The molecule has 1 heterocycles. The first-order chi connectivity index (χ1) is 11.2. The molecule has 1 rings (SSSR count). The summed E-state index contributed by atoms with van der Waals surface area (Å²) in [6, 6.07) is 0. The van der Waals surface area contributed by atoms with Crippen molar-refractivity contribution in [1.29, 1.82) is 0 Å². The summed E-state index contributed by atoms with van der Waals surface area (Å²) in [6.45, 7) is 13.3. The lowest BCUT2D eigenvalue weighted by Crippen LogP contribution is -2.33. The highest BCUT2D eigenvalue weighted by Crippen LogP contribution is 2.19. The lowest BCUT2D eigenvalue weighted by atomic mass is 10.1. The molecule has 0 aliphatic carbocycles. The fourth-order valence-electron chi connectivity index (χ4n) is 2.39. The number of amidine groups is 1. The first kappa shape index (κ1) is 20.0. The van der Waals surface area contributed by atoms with E-state index in [1.807, 2.05) is 46.6 Å². The molecule has 1 aliphatic rings. The molecular formula is C17H31N5O2. The zero-order valence-corrected chi connectivity index (χ0v) is 15.8. The third-order valence-electron chi connectivity index (χ3n) is 3.27. The number of rotatable bonds is 6. The fourth-order valence-corrected chi connectivity index (χ4v) is 2.39. The summed E-state index contributed by atoms with van der Waals surface area (Å²) in [6.07, 6.45) is 1.34. The Hall–Kier alpha value is -2.05. The van der Waals surface area contributed by atoms with Crippen molar-refractivity contribution < 1.29 is 9.53 Å². The molecule has 7 heteroatoms. The van der Waals surface area contributed by atoms with E-state index >= 15 is 0 Å². The minimum absolute atomic E-state index is 0.380. The maximum Gasteiger partial charge on any atom is 0.407 e. The maximum atomic E-state index is 11.6. The monoisotopic (exact) mass is 337 g/mol. The first-order valence-corrected chi connectivity index (χ1v) is 8.46. The van der Waals surface area contributed by atoms with Crippen LogP contribution in [-0.4, -0.2) is 47.9 Å². The van der Waals surface area contributed by atoms with Gasteiger partial charge in [-0.05, 0) is 54.4 Å². The number of alkyl carbamates (subject to hydrolysis) is 1. The molecule has 1 aliphatic heterocycles. The average Bonchev–Trinajstić information content (AvgIpc) is 2.73. The summed E-state index contributed by atoms with van der Waals surface area (Å²) in [7, 11) is 0. The molecule has 0 atom stereocenters. The Morgan fingerprint density at radius 3 is 2.58 bits per heavy atom. The molecule has 0 saturated heterocycles. The zero-order valence-electron chi connectivity index (χ0n) is 15.8. The van der Waals surface area contributed by atoms with Gasteiger partial charge in [-0.1, -0.05) is 0 Å². The van der Waals surface area contributed by atoms with Gasteiger partial charge in [-0.2, -0.15) is 5.10 Å². The van der Waals surface area contributed by atoms with Crippen molar-refractivity contribution >= 4 is 17.6 Å². The Bertz CT molecular complexity index is 540. The van der Waals surface area contributed by atoms with Gasteiger partial charge in [0.05, 0.1) is 11.3 Å². The number of aliphatic imine (C=N–C) groups is 1. The summed E-state index contributed by atoms with van der Waals surface area (Å²) in [5.41, 5.74) is 8.05. The second kappa shape index (κ2) is 8.70. The lowest BCUT2D eigenvalue weighted by molar-refractivity contribution is 0.0527. The van der Waals surface area contributed by atoms with E-state index in [0.717, 1.165) is 42.2 Å². The van der Waals surface area contributed by atoms with Crippen molar-refractivity contribution in [3.8, 4) is 0 Å². The van der Waals surface area contributed by atoms with Crippen molar-refractivity contribution in [3.63, 3.8) is 0 Å². The molecule has 0 aromatic heterocycles. The quantitative estimate of drug-likeness (QED) is 0.729. The summed E-state index contributed by atoms with van der Waals surface area (Å²) < 4.78 is 5.20. The number of carbonyl (C=O) groups excluding carboxylic acids is 1. The van der Waals surface area contributed by atoms with Gasteiger partial charge in [0.15, 0.2) is 5.84 Å². The third-order valence-corrected chi connectivity index (χ3v) is 3.27. The van der Waals surface area contributed by atoms with Crippen LogP contribution in [0.1, 0.15) is 54.4 Å². The van der Waals surface area contributed by atoms with Crippen LogP contribution in [0.15, 0.2) is 21.4 Å². The van der Waals surface area contributed by atoms with Gasteiger partial charge >= 0.3 is 6.09 Å². The number of ether oxygens (including phenoxy) is 1. The number of nitrogens with one attached hydrogen (secondary N) is 1. The Labute approximate surface area is 145 Å². The van der Waals surface area contributed by atoms with Crippen LogP contribution in [0.3, 0.4) is 0 Å². The predicted molar refractivity (Wildman–Crippen MR) is 98.1 cm³/mol. The topological polar surface area (TPSA) is 92.3 Å². The SMILES string of the molecule is CC/N=C1\C(=C(/C)N)C(C)=NN1CCCCNC(=O)OC(C)(C)C. The van der Waals surface area contributed by atoms with E-state index < -0.39 is 5.60 Å². The molecule has 0 radical (unpaired) electrons. The number of nitrogens with zero attached hydrogens (tertiary/aromatic N) is 3. The number of hydrogen-bond acceptors (Lipinski definition) is 5. The molecule has 0 saturated carbocycles. The molecule has 7 nitrogen and oxygen atoms in total. The maximum absolute atomic E-state index is 11.6. The Balaban J connectivity index is 2.44. The van der Waals surface area contributed by atoms with E-state index in [1.54, 1.807) is 0 Å². The van der Waals surface area contributed by atoms with Crippen molar-refractivity contribution in [2.45, 2.75) is 60.0 Å². The van der Waals surface area contributed by atoms with E-state index in [9.17, 15) is 4.79 Å². The number of amides is 1. The number of hydrogen-bond donors (Lipinski definition) is 2. The van der Waals surface area contributed by atoms with Crippen molar-refractivity contribution in [1.82, 2.24) is 10.3 Å². The van der Waals surface area contributed by atoms with Gasteiger partial charge < -0.3 is 15.8 Å². The van der Waals surface area contributed by atoms with Crippen molar-refractivity contribution in [2.75, 3.05) is 19.6 Å². The molecule has 136 valence electrons. The second-order valence-corrected chi connectivity index (χ2v) is 6.80. The third kappa shape index (κ3) is 6.22. The van der Waals surface area contributed by atoms with Gasteiger partial charge in [-0.3, -0.25) is 4.99 Å². The predicted octanol–water partition coefficient (Wildman–Crippen LogP) is 2.63. The summed E-state index contributed by atoms with van der Waals surface area (Å²) in [5.74, 6) is 0.843. The molecule has 24 heavy (non-hydrogen) atoms. The number of nitrogens with two attached hydrogens (primary N) is 1. The van der Waals surface area contributed by atoms with Gasteiger partial charge in [0.1, 0.15) is 5.60 Å². The zero-order chi connectivity index (χ0) is 18.3. The molecule has 3 N–H and O–H groups in total. The number of carbonyl (C=O) groups is 1. The van der Waals surface area contributed by atoms with Gasteiger partial charge in [0.25, 0.3) is 0 Å². The van der Waals surface area contributed by atoms with Crippen molar-refractivity contribution in [3.05, 3.63) is 11.3 Å². The van der Waals surface area contributed by atoms with Gasteiger partial charge in [-0.15, -0.1) is 0 Å². The fraction of sp³-hybridized carbons (Fsp3) is 0.706. The van der Waals surface area contributed by atoms with Crippen molar-refractivity contribution in [2.24, 2.45) is 15.8 Å². The van der Waals surface area contributed by atoms with Gasteiger partial charge in [-0.25, -0.2) is 9.80 Å². The highest BCUT2D eigenvalue weighted by Gasteiger charge is 2.26. The molecule has 0 spiro atoms. The Morgan fingerprint density at radius 1 is 1.38 bits per heavy atom. The molecule has 0 aromatic rings. The van der Waals surface area contributed by atoms with Gasteiger partial charge in [0, 0.05) is 25.3 Å². The summed E-state index contributed by atoms with van der Waals surface area (Å²) >= 11 is 0. The molecule has 0 fully saturated rings. The number of allylic oxidation sites excluding steroid dienone is 1. The van der Waals surface area contributed by atoms with Crippen LogP contribution >= 0.6 is 0 Å². The van der Waals surface area contributed by atoms with Crippen LogP contribution in [0.25, 0.3) is 0 Å². The average molecular weight is 337 g/mol. The molecule has 0 bridgehead atoms. The summed E-state index contributed by atoms with van der Waals surface area (Å²) in [5, 5.41) is 9.20. The number of unbranched alkanes of at least 4 members (excludes halogenated alkanes) is 1.